The number of aromatic amines is 1. The number of hydrogen-bond acceptors (Lipinski definition) is 3. The molecule has 0 unspecified atom stereocenters. The maximum atomic E-state index is 13.4. The van der Waals surface area contributed by atoms with Crippen LogP contribution in [0.3, 0.4) is 0 Å². The number of H-pyrrole nitrogens is 1. The van der Waals surface area contributed by atoms with E-state index in [0.717, 1.165) is 6.07 Å². The minimum absolute atomic E-state index is 0.000526. The van der Waals surface area contributed by atoms with Gasteiger partial charge >= 0.3 is 0 Å². The first-order chi connectivity index (χ1) is 11.0. The molecule has 2 rings (SSSR count). The lowest BCUT2D eigenvalue weighted by atomic mass is 10.1. The molecule has 0 aliphatic rings. The van der Waals surface area contributed by atoms with Crippen molar-refractivity contribution in [3.05, 3.63) is 69.4 Å². The topological polar surface area (TPSA) is 91.1 Å². The Morgan fingerprint density at radius 2 is 1.83 bits per heavy atom. The third-order valence-corrected chi connectivity index (χ3v) is 3.19. The van der Waals surface area contributed by atoms with E-state index in [4.69, 9.17) is 0 Å². The molecule has 0 radical (unpaired) electrons. The Morgan fingerprint density at radius 1 is 1.13 bits per heavy atom. The van der Waals surface area contributed by atoms with E-state index < -0.39 is 23.2 Å². The smallest absolute Gasteiger partial charge is 0.260 e. The zero-order valence-corrected chi connectivity index (χ0v) is 12.5. The summed E-state index contributed by atoms with van der Waals surface area (Å²) in [5, 5.41) is 5.08. The highest BCUT2D eigenvalue weighted by Crippen LogP contribution is 2.08. The summed E-state index contributed by atoms with van der Waals surface area (Å²) in [5.41, 5.74) is 0.185. The van der Waals surface area contributed by atoms with Gasteiger partial charge in [0.25, 0.3) is 17.4 Å². The summed E-state index contributed by atoms with van der Waals surface area (Å²) in [6.45, 7) is 1.91. The molecule has 23 heavy (non-hydrogen) atoms. The maximum Gasteiger partial charge on any atom is 0.260 e. The Morgan fingerprint density at radius 3 is 2.48 bits per heavy atom. The van der Waals surface area contributed by atoms with E-state index in [1.807, 2.05) is 0 Å². The number of carbonyl (C=O) groups is 2. The van der Waals surface area contributed by atoms with Crippen LogP contribution in [0.15, 0.2) is 41.3 Å². The Kier molecular flexibility index (Phi) is 5.24. The second-order valence-corrected chi connectivity index (χ2v) is 4.89. The van der Waals surface area contributed by atoms with Crippen molar-refractivity contribution in [2.45, 2.75) is 6.92 Å². The summed E-state index contributed by atoms with van der Waals surface area (Å²) in [5.74, 6) is -1.41. The summed E-state index contributed by atoms with van der Waals surface area (Å²) in [7, 11) is 0. The molecule has 1 heterocycles. The summed E-state index contributed by atoms with van der Waals surface area (Å²) >= 11 is 0. The van der Waals surface area contributed by atoms with Crippen LogP contribution in [0.2, 0.25) is 0 Å². The molecular formula is C16H16FN3O3. The Balaban J connectivity index is 1.82. The molecule has 120 valence electrons. The predicted molar refractivity (Wildman–Crippen MR) is 82.9 cm³/mol. The lowest BCUT2D eigenvalue weighted by Crippen LogP contribution is -2.36. The highest BCUT2D eigenvalue weighted by molar-refractivity contribution is 5.95. The number of rotatable bonds is 5. The fourth-order valence-corrected chi connectivity index (χ4v) is 1.88. The van der Waals surface area contributed by atoms with Gasteiger partial charge in [0.15, 0.2) is 0 Å². The van der Waals surface area contributed by atoms with Gasteiger partial charge in [0.05, 0.1) is 0 Å². The van der Waals surface area contributed by atoms with Gasteiger partial charge in [0.1, 0.15) is 11.4 Å². The third-order valence-electron chi connectivity index (χ3n) is 3.19. The van der Waals surface area contributed by atoms with Gasteiger partial charge < -0.3 is 15.6 Å². The maximum absolute atomic E-state index is 13.4. The summed E-state index contributed by atoms with van der Waals surface area (Å²) < 4.78 is 13.4. The van der Waals surface area contributed by atoms with Crippen molar-refractivity contribution in [1.82, 2.24) is 15.6 Å². The molecule has 1 aromatic carbocycles. The molecule has 7 heteroatoms. The monoisotopic (exact) mass is 317 g/mol. The van der Waals surface area contributed by atoms with E-state index in [0.29, 0.717) is 5.56 Å². The van der Waals surface area contributed by atoms with Gasteiger partial charge in [-0.15, -0.1) is 0 Å². The third kappa shape index (κ3) is 4.26. The molecule has 0 aliphatic heterocycles. The van der Waals surface area contributed by atoms with Crippen molar-refractivity contribution in [2.75, 3.05) is 13.1 Å². The fraction of sp³-hybridized carbons (Fsp3) is 0.188. The number of nitrogens with one attached hydrogen (secondary N) is 3. The van der Waals surface area contributed by atoms with Crippen LogP contribution in [0.25, 0.3) is 0 Å². The van der Waals surface area contributed by atoms with E-state index in [9.17, 15) is 18.8 Å². The summed E-state index contributed by atoms with van der Waals surface area (Å²) in [6, 6.07) is 7.15. The predicted octanol–water partition coefficient (Wildman–Crippen LogP) is 0.982. The van der Waals surface area contributed by atoms with E-state index in [-0.39, 0.29) is 24.2 Å². The molecule has 0 fully saturated rings. The second-order valence-electron chi connectivity index (χ2n) is 4.89. The van der Waals surface area contributed by atoms with E-state index in [1.165, 1.54) is 24.4 Å². The molecule has 0 saturated heterocycles. The molecule has 6 nitrogen and oxygen atoms in total. The van der Waals surface area contributed by atoms with E-state index >= 15 is 0 Å². The lowest BCUT2D eigenvalue weighted by molar-refractivity contribution is 0.0926. The first-order valence-electron chi connectivity index (χ1n) is 6.99. The van der Waals surface area contributed by atoms with Crippen molar-refractivity contribution >= 4 is 11.8 Å². The van der Waals surface area contributed by atoms with Gasteiger partial charge in [-0.05, 0) is 36.8 Å². The molecule has 0 spiro atoms. The molecule has 1 aromatic heterocycles. The van der Waals surface area contributed by atoms with E-state index in [1.54, 1.807) is 13.0 Å². The summed E-state index contributed by atoms with van der Waals surface area (Å²) in [6.07, 6.45) is 1.43. The van der Waals surface area contributed by atoms with Crippen molar-refractivity contribution in [1.29, 1.82) is 0 Å². The average molecular weight is 317 g/mol. The number of halogens is 1. The minimum atomic E-state index is -0.525. The Bertz CT molecular complexity index is 786. The van der Waals surface area contributed by atoms with Gasteiger partial charge in [-0.25, -0.2) is 4.39 Å². The molecule has 0 bridgehead atoms. The lowest BCUT2D eigenvalue weighted by Gasteiger charge is -2.07. The van der Waals surface area contributed by atoms with Gasteiger partial charge in [-0.1, -0.05) is 6.07 Å². The Labute approximate surface area is 131 Å². The van der Waals surface area contributed by atoms with Crippen LogP contribution in [0, 0.1) is 12.7 Å². The molecule has 3 N–H and O–H groups in total. The quantitative estimate of drug-likeness (QED) is 0.718. The first-order valence-corrected chi connectivity index (χ1v) is 6.99. The average Bonchev–Trinajstić information content (AvgIpc) is 2.54. The van der Waals surface area contributed by atoms with Gasteiger partial charge in [-0.2, -0.15) is 0 Å². The number of aromatic nitrogens is 1. The number of hydrogen-bond donors (Lipinski definition) is 3. The van der Waals surface area contributed by atoms with Crippen LogP contribution >= 0.6 is 0 Å². The van der Waals surface area contributed by atoms with Crippen LogP contribution in [-0.4, -0.2) is 29.9 Å². The number of pyridine rings is 1. The number of amides is 2. The number of carbonyl (C=O) groups excluding carboxylic acids is 2. The zero-order valence-electron chi connectivity index (χ0n) is 12.5. The van der Waals surface area contributed by atoms with Crippen molar-refractivity contribution in [3.63, 3.8) is 0 Å². The van der Waals surface area contributed by atoms with Crippen molar-refractivity contribution in [3.8, 4) is 0 Å². The van der Waals surface area contributed by atoms with Crippen LogP contribution in [-0.2, 0) is 0 Å². The van der Waals surface area contributed by atoms with Gasteiger partial charge in [-0.3, -0.25) is 14.4 Å². The first kappa shape index (κ1) is 16.4. The van der Waals surface area contributed by atoms with Crippen molar-refractivity contribution < 1.29 is 14.0 Å². The highest BCUT2D eigenvalue weighted by Gasteiger charge is 2.10. The highest BCUT2D eigenvalue weighted by atomic mass is 19.1. The Hall–Kier alpha value is -2.96. The normalized spacial score (nSPS) is 10.2. The fourth-order valence-electron chi connectivity index (χ4n) is 1.88. The molecular weight excluding hydrogens is 301 g/mol. The van der Waals surface area contributed by atoms with Crippen LogP contribution in [0.4, 0.5) is 4.39 Å². The standard InChI is InChI=1S/C16H16FN3O3/c1-10-4-5-11(9-13(10)17)14(21)19-7-8-20-16(23)12-3-2-6-18-15(12)22/h2-6,9H,7-8H2,1H3,(H,18,22)(H,19,21)(H,20,23). The van der Waals surface area contributed by atoms with Crippen LogP contribution in [0.1, 0.15) is 26.3 Å². The van der Waals surface area contributed by atoms with Gasteiger partial charge in [0.2, 0.25) is 0 Å². The second kappa shape index (κ2) is 7.35. The SMILES string of the molecule is Cc1ccc(C(=O)NCCNC(=O)c2ccc[nH]c2=O)cc1F. The largest absolute Gasteiger partial charge is 0.350 e. The number of benzene rings is 1. The molecule has 0 saturated carbocycles. The van der Waals surface area contributed by atoms with E-state index in [2.05, 4.69) is 15.6 Å². The van der Waals surface area contributed by atoms with Crippen LogP contribution in [0.5, 0.6) is 0 Å². The number of aryl methyl sites for hydroxylation is 1. The molecule has 0 aliphatic carbocycles. The van der Waals surface area contributed by atoms with Gasteiger partial charge in [0, 0.05) is 24.8 Å². The zero-order chi connectivity index (χ0) is 16.8. The molecule has 0 atom stereocenters. The summed E-state index contributed by atoms with van der Waals surface area (Å²) in [4.78, 5) is 37.4. The molecule has 2 amide bonds. The van der Waals surface area contributed by atoms with Crippen molar-refractivity contribution in [2.24, 2.45) is 0 Å². The van der Waals surface area contributed by atoms with Crippen LogP contribution < -0.4 is 16.2 Å². The molecule has 2 aromatic rings. The minimum Gasteiger partial charge on any atom is -0.350 e.